The largest absolute Gasteiger partial charge is 0.394 e. The fourth-order valence-corrected chi connectivity index (χ4v) is 6.65. The molecule has 5 heterocycles. The van der Waals surface area contributed by atoms with Gasteiger partial charge in [0.25, 0.3) is 0 Å². The summed E-state index contributed by atoms with van der Waals surface area (Å²) >= 11 is 0. The summed E-state index contributed by atoms with van der Waals surface area (Å²) in [6.07, 6.45) is -43.5. The molecule has 5 aliphatic rings. The molecule has 0 aromatic heterocycles. The summed E-state index contributed by atoms with van der Waals surface area (Å²) in [4.78, 5) is 0. The lowest BCUT2D eigenvalue weighted by molar-refractivity contribution is -0.390. The molecule has 0 amide bonds. The maximum Gasteiger partial charge on any atom is 0.187 e. The number of rotatable bonds is 12. The molecule has 0 bridgehead atoms. The van der Waals surface area contributed by atoms with Crippen LogP contribution in [0.3, 0.4) is 0 Å². The van der Waals surface area contributed by atoms with Crippen molar-refractivity contribution >= 4 is 0 Å². The number of hydrogen-bond donors (Lipinski definition) is 16. The minimum Gasteiger partial charge on any atom is -0.394 e. The molecular formula is C29H50O25. The lowest BCUT2D eigenvalue weighted by atomic mass is 9.95. The van der Waals surface area contributed by atoms with Crippen molar-refractivity contribution in [1.82, 2.24) is 0 Å². The molecule has 0 aromatic rings. The van der Waals surface area contributed by atoms with Gasteiger partial charge in [-0.05, 0) is 0 Å². The van der Waals surface area contributed by atoms with Gasteiger partial charge >= 0.3 is 0 Å². The van der Waals surface area contributed by atoms with Crippen molar-refractivity contribution in [3.8, 4) is 0 Å². The minimum atomic E-state index is -2.13. The van der Waals surface area contributed by atoms with Crippen LogP contribution in [0.5, 0.6) is 0 Å². The molecule has 5 fully saturated rings. The van der Waals surface area contributed by atoms with Crippen molar-refractivity contribution in [3.63, 3.8) is 0 Å². The van der Waals surface area contributed by atoms with Gasteiger partial charge in [-0.1, -0.05) is 0 Å². The van der Waals surface area contributed by atoms with Gasteiger partial charge in [-0.3, -0.25) is 0 Å². The average Bonchev–Trinajstić information content (AvgIpc) is 3.16. The topological polar surface area (TPSA) is 407 Å². The van der Waals surface area contributed by atoms with Gasteiger partial charge in [-0.25, -0.2) is 0 Å². The lowest BCUT2D eigenvalue weighted by Crippen LogP contribution is -2.67. The van der Waals surface area contributed by atoms with E-state index in [1.54, 1.807) is 0 Å². The van der Waals surface area contributed by atoms with Gasteiger partial charge in [0, 0.05) is 0 Å². The van der Waals surface area contributed by atoms with E-state index in [-0.39, 0.29) is 0 Å². The van der Waals surface area contributed by atoms with Crippen LogP contribution in [0.1, 0.15) is 0 Å². The molecule has 3 unspecified atom stereocenters. The summed E-state index contributed by atoms with van der Waals surface area (Å²) in [7, 11) is 0. The van der Waals surface area contributed by atoms with Crippen molar-refractivity contribution in [3.05, 3.63) is 0 Å². The number of aliphatic hydroxyl groups is 16. The molecule has 5 saturated heterocycles. The monoisotopic (exact) mass is 798 g/mol. The van der Waals surface area contributed by atoms with Crippen LogP contribution in [0.25, 0.3) is 0 Å². The summed E-state index contributed by atoms with van der Waals surface area (Å²) in [5.41, 5.74) is 0. The average molecular weight is 799 g/mol. The summed E-state index contributed by atoms with van der Waals surface area (Å²) in [6.45, 7) is -3.87. The summed E-state index contributed by atoms with van der Waals surface area (Å²) in [6, 6.07) is 0. The van der Waals surface area contributed by atoms with Gasteiger partial charge in [0.2, 0.25) is 0 Å². The van der Waals surface area contributed by atoms with Crippen LogP contribution in [0.4, 0.5) is 0 Å². The van der Waals surface area contributed by atoms with Crippen molar-refractivity contribution in [2.75, 3.05) is 33.0 Å². The first-order valence-corrected chi connectivity index (χ1v) is 17.0. The van der Waals surface area contributed by atoms with Crippen LogP contribution in [-0.2, 0) is 42.6 Å². The van der Waals surface area contributed by atoms with E-state index in [0.717, 1.165) is 0 Å². The smallest absolute Gasteiger partial charge is 0.187 e. The van der Waals surface area contributed by atoms with Crippen LogP contribution in [0, 0.1) is 0 Å². The van der Waals surface area contributed by atoms with Gasteiger partial charge in [-0.15, -0.1) is 0 Å². The third-order valence-electron chi connectivity index (χ3n) is 9.90. The molecule has 0 aromatic carbocycles. The molecular weight excluding hydrogens is 748 g/mol. The van der Waals surface area contributed by atoms with Gasteiger partial charge in [0.05, 0.1) is 33.0 Å². The molecule has 16 N–H and O–H groups in total. The first kappa shape index (κ1) is 44.1. The Morgan fingerprint density at radius 3 is 1.31 bits per heavy atom. The number of aliphatic hydroxyl groups excluding tert-OH is 16. The fraction of sp³-hybridized carbons (Fsp3) is 1.00. The van der Waals surface area contributed by atoms with Gasteiger partial charge in [0.1, 0.15) is 116 Å². The van der Waals surface area contributed by atoms with E-state index in [4.69, 9.17) is 42.6 Å². The Morgan fingerprint density at radius 2 is 0.796 bits per heavy atom. The highest BCUT2D eigenvalue weighted by atomic mass is 16.8. The molecule has 25 heteroatoms. The highest BCUT2D eigenvalue weighted by molar-refractivity contribution is 4.98. The van der Waals surface area contributed by atoms with Crippen molar-refractivity contribution in [2.24, 2.45) is 0 Å². The van der Waals surface area contributed by atoms with E-state index in [0.29, 0.717) is 0 Å². The second-order valence-electron chi connectivity index (χ2n) is 13.5. The molecule has 5 rings (SSSR count). The number of ether oxygens (including phenoxy) is 9. The standard InChI is InChI=1S/C29H50O25/c30-1-7-12(35)13(36)19(42)27(49-7)54-24-10(5-47-26-18(41)11(34)6(33)4-46-26)51-29(21(44)16(24)39)53-23-9(3-32)50-28(20(43)15(23)38)52-22-8(2-31)48-25(45)17(40)14(22)37/h6-45H,1-5H2/t6?,7-,8-,9-,10-,11+,12-,13+,14-,15-,16-,17-,18?,19-,20-,21-,22-,23-,24-,25-,26?,27+,28+,29+/m1/s1. The third-order valence-corrected chi connectivity index (χ3v) is 9.90. The normalized spacial score (nSPS) is 53.3. The Bertz CT molecular complexity index is 1150. The van der Waals surface area contributed by atoms with Crippen LogP contribution >= 0.6 is 0 Å². The Morgan fingerprint density at radius 1 is 0.389 bits per heavy atom. The number of hydrogen-bond acceptors (Lipinski definition) is 25. The third kappa shape index (κ3) is 9.00. The molecule has 0 radical (unpaired) electrons. The second kappa shape index (κ2) is 18.7. The maximum atomic E-state index is 11.3. The van der Waals surface area contributed by atoms with Crippen LogP contribution in [0.2, 0.25) is 0 Å². The van der Waals surface area contributed by atoms with Crippen molar-refractivity contribution in [1.29, 1.82) is 0 Å². The predicted molar refractivity (Wildman–Crippen MR) is 161 cm³/mol. The van der Waals surface area contributed by atoms with Crippen molar-refractivity contribution in [2.45, 2.75) is 147 Å². The van der Waals surface area contributed by atoms with E-state index in [9.17, 15) is 81.7 Å². The van der Waals surface area contributed by atoms with Gasteiger partial charge in [-0.2, -0.15) is 0 Å². The van der Waals surface area contributed by atoms with E-state index >= 15 is 0 Å². The van der Waals surface area contributed by atoms with Crippen LogP contribution < -0.4 is 0 Å². The van der Waals surface area contributed by atoms with Crippen molar-refractivity contribution < 1.29 is 124 Å². The highest BCUT2D eigenvalue weighted by Gasteiger charge is 2.55. The molecule has 54 heavy (non-hydrogen) atoms. The molecule has 0 saturated carbocycles. The molecule has 24 atom stereocenters. The predicted octanol–water partition coefficient (Wildman–Crippen LogP) is -11.3. The van der Waals surface area contributed by atoms with Crippen LogP contribution in [-0.4, -0.2) is 262 Å². The SMILES string of the molecule is OC[C@H]1O[C@@H](O[C@H]2[C@H](O)[C@@H](O)[C@H](O[C@H]3[C@H](O)[C@@H](O)[C@H](O[C@H]4[C@H](O)[C@@H](O)[C@H](O)O[C@@H]4CO)O[C@@H]3CO)O[C@@H]2COC2OCC(O)[C@H](O)C2O)[C@H](O)[C@@H](O)[C@@H]1O. The zero-order valence-corrected chi connectivity index (χ0v) is 28.2. The summed E-state index contributed by atoms with van der Waals surface area (Å²) in [5, 5.41) is 165. The molecule has 5 aliphatic heterocycles. The first-order valence-electron chi connectivity index (χ1n) is 17.0. The zero-order valence-electron chi connectivity index (χ0n) is 28.2. The Kier molecular flexibility index (Phi) is 15.3. The van der Waals surface area contributed by atoms with E-state index < -0.39 is 180 Å². The Balaban J connectivity index is 1.32. The van der Waals surface area contributed by atoms with E-state index in [1.165, 1.54) is 0 Å². The maximum absolute atomic E-state index is 11.3. The summed E-state index contributed by atoms with van der Waals surface area (Å²) < 4.78 is 49.3. The Hall–Kier alpha value is -1.00. The minimum absolute atomic E-state index is 0.475. The fourth-order valence-electron chi connectivity index (χ4n) is 6.65. The highest BCUT2D eigenvalue weighted by Crippen LogP contribution is 2.34. The Labute approximate surface area is 305 Å². The quantitative estimate of drug-likeness (QED) is 0.0871. The molecule has 0 aliphatic carbocycles. The summed E-state index contributed by atoms with van der Waals surface area (Å²) in [5.74, 6) is 0. The van der Waals surface area contributed by atoms with E-state index in [1.807, 2.05) is 0 Å². The van der Waals surface area contributed by atoms with Gasteiger partial charge in [0.15, 0.2) is 31.5 Å². The van der Waals surface area contributed by atoms with Crippen LogP contribution in [0.15, 0.2) is 0 Å². The molecule has 25 nitrogen and oxygen atoms in total. The second-order valence-corrected chi connectivity index (χ2v) is 13.5. The lowest BCUT2D eigenvalue weighted by Gasteiger charge is -2.49. The zero-order chi connectivity index (χ0) is 39.8. The first-order chi connectivity index (χ1) is 25.5. The molecule has 316 valence electrons. The molecule has 0 spiro atoms. The van der Waals surface area contributed by atoms with Gasteiger partial charge < -0.3 is 124 Å². The van der Waals surface area contributed by atoms with E-state index in [2.05, 4.69) is 0 Å².